The van der Waals surface area contributed by atoms with Crippen molar-refractivity contribution in [3.05, 3.63) is 33.9 Å². The van der Waals surface area contributed by atoms with Gasteiger partial charge in [-0.25, -0.2) is 0 Å². The number of aryl methyl sites for hydroxylation is 1. The highest BCUT2D eigenvalue weighted by atomic mass is 16.6. The first-order valence-electron chi connectivity index (χ1n) is 7.86. The van der Waals surface area contributed by atoms with E-state index in [1.165, 1.54) is 19.3 Å². The van der Waals surface area contributed by atoms with Crippen molar-refractivity contribution in [2.45, 2.75) is 44.6 Å². The predicted molar refractivity (Wildman–Crippen MR) is 83.9 cm³/mol. The molecule has 1 heterocycles. The minimum atomic E-state index is -0.243. The number of nitro benzene ring substituents is 1. The molecule has 0 unspecified atom stereocenters. The summed E-state index contributed by atoms with van der Waals surface area (Å²) in [6, 6.07) is 5.47. The normalized spacial score (nSPS) is 21.5. The fourth-order valence-electron chi connectivity index (χ4n) is 3.88. The monoisotopic (exact) mass is 289 g/mol. The van der Waals surface area contributed by atoms with E-state index in [-0.39, 0.29) is 16.1 Å². The number of nitro groups is 1. The molecule has 2 aliphatic rings. The molecular formula is C16H23N3O2. The predicted octanol–water partition coefficient (Wildman–Crippen LogP) is 3.02. The molecule has 0 bridgehead atoms. The van der Waals surface area contributed by atoms with Crippen LogP contribution in [-0.4, -0.2) is 30.1 Å². The van der Waals surface area contributed by atoms with Crippen LogP contribution >= 0.6 is 0 Å². The Balaban J connectivity index is 2.04. The molecule has 21 heavy (non-hydrogen) atoms. The highest BCUT2D eigenvalue weighted by Gasteiger charge is 2.41. The van der Waals surface area contributed by atoms with Crippen LogP contribution in [0.4, 0.5) is 11.4 Å². The Hall–Kier alpha value is -1.62. The van der Waals surface area contributed by atoms with E-state index in [1.807, 2.05) is 19.1 Å². The first-order valence-corrected chi connectivity index (χ1v) is 7.86. The van der Waals surface area contributed by atoms with Crippen LogP contribution in [0.1, 0.15) is 37.7 Å². The van der Waals surface area contributed by atoms with Gasteiger partial charge in [-0.2, -0.15) is 0 Å². The lowest BCUT2D eigenvalue weighted by atomic mass is 9.78. The zero-order valence-corrected chi connectivity index (χ0v) is 12.6. The molecule has 0 atom stereocenters. The number of nitrogens with one attached hydrogen (secondary N) is 1. The standard InChI is InChI=1S/C16H23N3O2/c1-13-5-6-14(19(20)21)15(11-13)18-10-9-17-12-16(18)7-3-2-4-8-16/h5-6,11,17H,2-4,7-10,12H2,1H3. The molecule has 0 aromatic heterocycles. The zero-order chi connectivity index (χ0) is 14.9. The molecule has 1 N–H and O–H groups in total. The third-order valence-corrected chi connectivity index (χ3v) is 4.94. The summed E-state index contributed by atoms with van der Waals surface area (Å²) in [5.41, 5.74) is 2.20. The minimum Gasteiger partial charge on any atom is -0.358 e. The average molecular weight is 289 g/mol. The quantitative estimate of drug-likeness (QED) is 0.671. The van der Waals surface area contributed by atoms with Gasteiger partial charge >= 0.3 is 0 Å². The van der Waals surface area contributed by atoms with Crippen LogP contribution < -0.4 is 10.2 Å². The highest BCUT2D eigenvalue weighted by molar-refractivity contribution is 5.66. The van der Waals surface area contributed by atoms with Crippen molar-refractivity contribution in [1.29, 1.82) is 0 Å². The summed E-state index contributed by atoms with van der Waals surface area (Å²) < 4.78 is 0. The van der Waals surface area contributed by atoms with Gasteiger partial charge in [-0.15, -0.1) is 0 Å². The number of hydrogen-bond acceptors (Lipinski definition) is 4. The Labute approximate surface area is 125 Å². The van der Waals surface area contributed by atoms with Crippen LogP contribution in [-0.2, 0) is 0 Å². The number of piperazine rings is 1. The molecule has 1 aliphatic carbocycles. The smallest absolute Gasteiger partial charge is 0.292 e. The van der Waals surface area contributed by atoms with Gasteiger partial charge in [0.15, 0.2) is 0 Å². The molecule has 1 saturated heterocycles. The number of hydrogen-bond donors (Lipinski definition) is 1. The van der Waals surface area contributed by atoms with Crippen LogP contribution in [0.5, 0.6) is 0 Å². The Bertz CT molecular complexity index is 530. The SMILES string of the molecule is Cc1ccc([N+](=O)[O-])c(N2CCNCC23CCCCC3)c1. The van der Waals surface area contributed by atoms with E-state index in [1.54, 1.807) is 6.07 Å². The molecule has 2 fully saturated rings. The maximum Gasteiger partial charge on any atom is 0.292 e. The van der Waals surface area contributed by atoms with Gasteiger partial charge in [-0.1, -0.05) is 25.3 Å². The van der Waals surface area contributed by atoms with Crippen molar-refractivity contribution in [2.75, 3.05) is 24.5 Å². The van der Waals surface area contributed by atoms with Gasteiger partial charge in [-0.3, -0.25) is 10.1 Å². The van der Waals surface area contributed by atoms with Crippen molar-refractivity contribution < 1.29 is 4.92 Å². The lowest BCUT2D eigenvalue weighted by Gasteiger charge is -2.50. The summed E-state index contributed by atoms with van der Waals surface area (Å²) in [6.07, 6.45) is 5.98. The van der Waals surface area contributed by atoms with Crippen LogP contribution in [0.15, 0.2) is 18.2 Å². The average Bonchev–Trinajstić information content (AvgIpc) is 2.48. The number of nitrogens with zero attached hydrogens (tertiary/aromatic N) is 2. The van der Waals surface area contributed by atoms with E-state index in [4.69, 9.17) is 0 Å². The van der Waals surface area contributed by atoms with Crippen LogP contribution in [0.3, 0.4) is 0 Å². The molecule has 1 aromatic rings. The molecule has 114 valence electrons. The zero-order valence-electron chi connectivity index (χ0n) is 12.6. The molecule has 1 spiro atoms. The Morgan fingerprint density at radius 1 is 1.29 bits per heavy atom. The van der Waals surface area contributed by atoms with E-state index in [2.05, 4.69) is 10.2 Å². The summed E-state index contributed by atoms with van der Waals surface area (Å²) >= 11 is 0. The summed E-state index contributed by atoms with van der Waals surface area (Å²) in [5.74, 6) is 0. The lowest BCUT2D eigenvalue weighted by Crippen LogP contribution is -2.62. The molecule has 1 aromatic carbocycles. The third-order valence-electron chi connectivity index (χ3n) is 4.94. The molecule has 0 radical (unpaired) electrons. The van der Waals surface area contributed by atoms with Gasteiger partial charge < -0.3 is 10.2 Å². The lowest BCUT2D eigenvalue weighted by molar-refractivity contribution is -0.384. The third kappa shape index (κ3) is 2.62. The van der Waals surface area contributed by atoms with Gasteiger partial charge in [-0.05, 0) is 31.4 Å². The molecule has 5 heteroatoms. The van der Waals surface area contributed by atoms with E-state index < -0.39 is 0 Å². The van der Waals surface area contributed by atoms with Gasteiger partial charge in [0.2, 0.25) is 0 Å². The molecule has 5 nitrogen and oxygen atoms in total. The number of anilines is 1. The Morgan fingerprint density at radius 2 is 2.05 bits per heavy atom. The van der Waals surface area contributed by atoms with Crippen molar-refractivity contribution in [2.24, 2.45) is 0 Å². The molecule has 1 aliphatic heterocycles. The van der Waals surface area contributed by atoms with Gasteiger partial charge in [0.25, 0.3) is 5.69 Å². The Kier molecular flexibility index (Phi) is 3.85. The molecule has 1 saturated carbocycles. The van der Waals surface area contributed by atoms with Gasteiger partial charge in [0.1, 0.15) is 5.69 Å². The molecular weight excluding hydrogens is 266 g/mol. The van der Waals surface area contributed by atoms with E-state index >= 15 is 0 Å². The van der Waals surface area contributed by atoms with Crippen LogP contribution in [0.2, 0.25) is 0 Å². The molecule has 0 amide bonds. The van der Waals surface area contributed by atoms with Crippen molar-refractivity contribution in [3.8, 4) is 0 Å². The maximum atomic E-state index is 11.4. The van der Waals surface area contributed by atoms with E-state index in [9.17, 15) is 10.1 Å². The fraction of sp³-hybridized carbons (Fsp3) is 0.625. The van der Waals surface area contributed by atoms with Gasteiger partial charge in [0, 0.05) is 25.7 Å². The highest BCUT2D eigenvalue weighted by Crippen LogP contribution is 2.41. The first kappa shape index (κ1) is 14.3. The topological polar surface area (TPSA) is 58.4 Å². The number of rotatable bonds is 2. The van der Waals surface area contributed by atoms with Crippen molar-refractivity contribution in [3.63, 3.8) is 0 Å². The largest absolute Gasteiger partial charge is 0.358 e. The van der Waals surface area contributed by atoms with Crippen LogP contribution in [0.25, 0.3) is 0 Å². The van der Waals surface area contributed by atoms with Crippen molar-refractivity contribution >= 4 is 11.4 Å². The molecule has 3 rings (SSSR count). The Morgan fingerprint density at radius 3 is 2.76 bits per heavy atom. The number of benzene rings is 1. The first-order chi connectivity index (χ1) is 10.1. The van der Waals surface area contributed by atoms with Crippen molar-refractivity contribution in [1.82, 2.24) is 5.32 Å². The van der Waals surface area contributed by atoms with Crippen LogP contribution in [0, 0.1) is 17.0 Å². The van der Waals surface area contributed by atoms with Gasteiger partial charge in [0.05, 0.1) is 10.5 Å². The summed E-state index contributed by atoms with van der Waals surface area (Å²) in [7, 11) is 0. The summed E-state index contributed by atoms with van der Waals surface area (Å²) in [6.45, 7) is 4.69. The second kappa shape index (κ2) is 5.64. The summed E-state index contributed by atoms with van der Waals surface area (Å²) in [4.78, 5) is 13.5. The van der Waals surface area contributed by atoms with E-state index in [0.717, 1.165) is 43.7 Å². The van der Waals surface area contributed by atoms with E-state index in [0.29, 0.717) is 0 Å². The maximum absolute atomic E-state index is 11.4. The second-order valence-electron chi connectivity index (χ2n) is 6.36. The fourth-order valence-corrected chi connectivity index (χ4v) is 3.88. The summed E-state index contributed by atoms with van der Waals surface area (Å²) in [5, 5.41) is 14.9. The second-order valence-corrected chi connectivity index (χ2v) is 6.36. The minimum absolute atomic E-state index is 0.0645.